The van der Waals surface area contributed by atoms with Crippen LogP contribution in [0.3, 0.4) is 0 Å². The lowest BCUT2D eigenvalue weighted by Gasteiger charge is -2.31. The Hall–Kier alpha value is -0.510. The summed E-state index contributed by atoms with van der Waals surface area (Å²) in [5.74, 6) is -0.493. The van der Waals surface area contributed by atoms with Crippen molar-refractivity contribution in [3.05, 3.63) is 11.9 Å². The summed E-state index contributed by atoms with van der Waals surface area (Å²) in [5.41, 5.74) is 0. The minimum atomic E-state index is -2.17. The predicted molar refractivity (Wildman–Crippen MR) is 54.4 cm³/mol. The van der Waals surface area contributed by atoms with Gasteiger partial charge in [0.05, 0.1) is 0 Å². The summed E-state index contributed by atoms with van der Waals surface area (Å²) in [6, 6.07) is 0. The van der Waals surface area contributed by atoms with Crippen LogP contribution in [0.1, 0.15) is 32.6 Å². The van der Waals surface area contributed by atoms with Gasteiger partial charge in [-0.15, -0.1) is 0 Å². The quantitative estimate of drug-likeness (QED) is 0.701. The number of hydrogen-bond acceptors (Lipinski definition) is 1. The van der Waals surface area contributed by atoms with Gasteiger partial charge in [0.1, 0.15) is 0 Å². The molecule has 1 rings (SSSR count). The van der Waals surface area contributed by atoms with Gasteiger partial charge < -0.3 is 4.90 Å². The van der Waals surface area contributed by atoms with E-state index in [1.54, 1.807) is 0 Å². The van der Waals surface area contributed by atoms with Crippen molar-refractivity contribution < 1.29 is 13.2 Å². The fourth-order valence-corrected chi connectivity index (χ4v) is 1.97. The molecule has 1 heterocycles. The SMILES string of the molecule is CCC1CCN(CCC(F)=C(F)F)CC1. The van der Waals surface area contributed by atoms with Crippen molar-refractivity contribution in [2.45, 2.75) is 32.6 Å². The molecule has 1 aliphatic heterocycles. The Kier molecular flexibility index (Phi) is 5.15. The molecule has 0 saturated carbocycles. The fourth-order valence-electron chi connectivity index (χ4n) is 1.97. The van der Waals surface area contributed by atoms with Crippen molar-refractivity contribution in [1.82, 2.24) is 4.90 Å². The van der Waals surface area contributed by atoms with Crippen LogP contribution in [0.4, 0.5) is 13.2 Å². The van der Waals surface area contributed by atoms with Crippen molar-refractivity contribution in [2.24, 2.45) is 5.92 Å². The smallest absolute Gasteiger partial charge is 0.301 e. The van der Waals surface area contributed by atoms with E-state index in [9.17, 15) is 13.2 Å². The molecular formula is C11H18F3N. The number of nitrogens with zero attached hydrogens (tertiary/aromatic N) is 1. The Balaban J connectivity index is 2.22. The van der Waals surface area contributed by atoms with Crippen LogP contribution in [0.25, 0.3) is 0 Å². The standard InChI is InChI=1S/C11H18F3N/c1-2-9-3-6-15(7-4-9)8-5-10(12)11(13)14/h9H,2-8H2,1H3. The third-order valence-electron chi connectivity index (χ3n) is 3.14. The molecule has 0 bridgehead atoms. The summed E-state index contributed by atoms with van der Waals surface area (Å²) in [6.45, 7) is 4.42. The van der Waals surface area contributed by atoms with E-state index in [0.29, 0.717) is 6.54 Å². The molecule has 1 fully saturated rings. The van der Waals surface area contributed by atoms with Crippen LogP contribution in [0.2, 0.25) is 0 Å². The van der Waals surface area contributed by atoms with Crippen LogP contribution in [-0.4, -0.2) is 24.5 Å². The third-order valence-corrected chi connectivity index (χ3v) is 3.14. The maximum atomic E-state index is 12.5. The number of piperidine rings is 1. The third kappa shape index (κ3) is 4.24. The summed E-state index contributed by atoms with van der Waals surface area (Å²) in [4.78, 5) is 2.06. The van der Waals surface area contributed by atoms with Crippen molar-refractivity contribution >= 4 is 0 Å². The molecule has 1 aliphatic rings. The first-order chi connectivity index (χ1) is 7.13. The van der Waals surface area contributed by atoms with Gasteiger partial charge >= 0.3 is 6.08 Å². The van der Waals surface area contributed by atoms with Crippen LogP contribution >= 0.6 is 0 Å². The highest BCUT2D eigenvalue weighted by atomic mass is 19.3. The zero-order chi connectivity index (χ0) is 11.3. The molecule has 0 atom stereocenters. The first-order valence-corrected chi connectivity index (χ1v) is 5.55. The molecule has 0 radical (unpaired) electrons. The number of rotatable bonds is 4. The Bertz CT molecular complexity index is 216. The second kappa shape index (κ2) is 6.16. The zero-order valence-electron chi connectivity index (χ0n) is 9.11. The van der Waals surface area contributed by atoms with Crippen molar-refractivity contribution in [3.63, 3.8) is 0 Å². The summed E-state index contributed by atoms with van der Waals surface area (Å²) < 4.78 is 36.1. The summed E-state index contributed by atoms with van der Waals surface area (Å²) in [7, 11) is 0. The summed E-state index contributed by atoms with van der Waals surface area (Å²) >= 11 is 0. The van der Waals surface area contributed by atoms with Crippen LogP contribution < -0.4 is 0 Å². The second-order valence-electron chi connectivity index (χ2n) is 4.11. The van der Waals surface area contributed by atoms with E-state index in [0.717, 1.165) is 31.8 Å². The summed E-state index contributed by atoms with van der Waals surface area (Å²) in [5, 5.41) is 0. The highest BCUT2D eigenvalue weighted by Gasteiger charge is 2.18. The molecule has 0 aromatic heterocycles. The molecule has 15 heavy (non-hydrogen) atoms. The molecule has 1 saturated heterocycles. The van der Waals surface area contributed by atoms with Gasteiger partial charge in [0.25, 0.3) is 0 Å². The van der Waals surface area contributed by atoms with Gasteiger partial charge in [0, 0.05) is 13.0 Å². The van der Waals surface area contributed by atoms with Gasteiger partial charge in [-0.25, -0.2) is 4.39 Å². The maximum Gasteiger partial charge on any atom is 0.301 e. The lowest BCUT2D eigenvalue weighted by Crippen LogP contribution is -2.34. The Morgan fingerprint density at radius 2 is 1.80 bits per heavy atom. The molecular weight excluding hydrogens is 203 g/mol. The second-order valence-corrected chi connectivity index (χ2v) is 4.11. The minimum Gasteiger partial charge on any atom is -0.303 e. The van der Waals surface area contributed by atoms with Crippen LogP contribution in [-0.2, 0) is 0 Å². The van der Waals surface area contributed by atoms with Crippen LogP contribution in [0.5, 0.6) is 0 Å². The number of hydrogen-bond donors (Lipinski definition) is 0. The zero-order valence-corrected chi connectivity index (χ0v) is 9.11. The highest BCUT2D eigenvalue weighted by molar-refractivity contribution is 4.92. The Morgan fingerprint density at radius 3 is 2.27 bits per heavy atom. The molecule has 0 N–H and O–H groups in total. The average Bonchev–Trinajstić information content (AvgIpc) is 2.26. The van der Waals surface area contributed by atoms with E-state index in [1.165, 1.54) is 6.42 Å². The van der Waals surface area contributed by atoms with E-state index in [-0.39, 0.29) is 6.42 Å². The van der Waals surface area contributed by atoms with E-state index < -0.39 is 11.9 Å². The van der Waals surface area contributed by atoms with Crippen molar-refractivity contribution in [1.29, 1.82) is 0 Å². The molecule has 0 aromatic carbocycles. The molecule has 0 aromatic rings. The van der Waals surface area contributed by atoms with Gasteiger partial charge in [0.15, 0.2) is 5.83 Å². The van der Waals surface area contributed by atoms with E-state index >= 15 is 0 Å². The maximum absolute atomic E-state index is 12.5. The number of likely N-dealkylation sites (tertiary alicyclic amines) is 1. The van der Waals surface area contributed by atoms with Gasteiger partial charge in [-0.2, -0.15) is 8.78 Å². The molecule has 88 valence electrons. The topological polar surface area (TPSA) is 3.24 Å². The molecule has 0 aliphatic carbocycles. The first kappa shape index (κ1) is 12.6. The van der Waals surface area contributed by atoms with Crippen LogP contribution in [0.15, 0.2) is 11.9 Å². The van der Waals surface area contributed by atoms with Gasteiger partial charge in [0.2, 0.25) is 0 Å². The fraction of sp³-hybridized carbons (Fsp3) is 0.818. The number of halogens is 3. The van der Waals surface area contributed by atoms with Crippen molar-refractivity contribution in [3.8, 4) is 0 Å². The predicted octanol–water partition coefficient (Wildman–Crippen LogP) is 3.58. The lowest BCUT2D eigenvalue weighted by atomic mass is 9.94. The lowest BCUT2D eigenvalue weighted by molar-refractivity contribution is 0.179. The van der Waals surface area contributed by atoms with E-state index in [1.807, 2.05) is 0 Å². The Morgan fingerprint density at radius 1 is 1.20 bits per heavy atom. The Labute approximate surface area is 88.9 Å². The van der Waals surface area contributed by atoms with Crippen LogP contribution in [0, 0.1) is 5.92 Å². The average molecular weight is 221 g/mol. The van der Waals surface area contributed by atoms with E-state index in [2.05, 4.69) is 11.8 Å². The minimum absolute atomic E-state index is 0.154. The highest BCUT2D eigenvalue weighted by Crippen LogP contribution is 2.21. The van der Waals surface area contributed by atoms with Crippen molar-refractivity contribution in [2.75, 3.05) is 19.6 Å². The monoisotopic (exact) mass is 221 g/mol. The van der Waals surface area contributed by atoms with Gasteiger partial charge in [-0.3, -0.25) is 0 Å². The van der Waals surface area contributed by atoms with Gasteiger partial charge in [-0.05, 0) is 31.8 Å². The first-order valence-electron chi connectivity index (χ1n) is 5.55. The molecule has 0 unspecified atom stereocenters. The normalized spacial score (nSPS) is 19.2. The molecule has 0 spiro atoms. The summed E-state index contributed by atoms with van der Waals surface area (Å²) in [6.07, 6.45) is 1.08. The molecule has 4 heteroatoms. The molecule has 1 nitrogen and oxygen atoms in total. The molecule has 0 amide bonds. The van der Waals surface area contributed by atoms with E-state index in [4.69, 9.17) is 0 Å². The van der Waals surface area contributed by atoms with Gasteiger partial charge in [-0.1, -0.05) is 13.3 Å². The largest absolute Gasteiger partial charge is 0.303 e.